The fourth-order valence-corrected chi connectivity index (χ4v) is 2.30. The molecule has 1 aliphatic rings. The van der Waals surface area contributed by atoms with E-state index in [0.29, 0.717) is 0 Å². The van der Waals surface area contributed by atoms with Gasteiger partial charge in [0.2, 0.25) is 0 Å². The average Bonchev–Trinajstić information content (AvgIpc) is 2.79. The molecule has 0 fully saturated rings. The van der Waals surface area contributed by atoms with Crippen LogP contribution in [0.1, 0.15) is 11.3 Å². The van der Waals surface area contributed by atoms with Gasteiger partial charge in [-0.05, 0) is 11.4 Å². The van der Waals surface area contributed by atoms with Crippen LogP contribution < -0.4 is 5.32 Å². The highest BCUT2D eigenvalue weighted by atomic mass is 32.1. The van der Waals surface area contributed by atoms with Gasteiger partial charge in [-0.3, -0.25) is 0 Å². The summed E-state index contributed by atoms with van der Waals surface area (Å²) < 4.78 is 5.30. The lowest BCUT2D eigenvalue weighted by Crippen LogP contribution is -2.01. The van der Waals surface area contributed by atoms with Gasteiger partial charge in [-0.2, -0.15) is 0 Å². The van der Waals surface area contributed by atoms with E-state index in [1.807, 2.05) is 11.4 Å². The van der Waals surface area contributed by atoms with E-state index in [1.165, 1.54) is 5.56 Å². The van der Waals surface area contributed by atoms with Crippen molar-refractivity contribution in [2.45, 2.75) is 13.1 Å². The Labute approximate surface area is 79.4 Å². The van der Waals surface area contributed by atoms with Gasteiger partial charge in [0.1, 0.15) is 5.69 Å². The predicted molar refractivity (Wildman–Crippen MR) is 50.4 cm³/mol. The van der Waals surface area contributed by atoms with Crippen molar-refractivity contribution in [1.82, 2.24) is 10.5 Å². The van der Waals surface area contributed by atoms with Crippen molar-refractivity contribution in [1.29, 1.82) is 0 Å². The van der Waals surface area contributed by atoms with Crippen LogP contribution in [0.3, 0.4) is 0 Å². The molecule has 0 saturated carbocycles. The van der Waals surface area contributed by atoms with E-state index in [0.717, 1.165) is 29.4 Å². The summed E-state index contributed by atoms with van der Waals surface area (Å²) in [4.78, 5) is 1.16. The summed E-state index contributed by atoms with van der Waals surface area (Å²) in [6.45, 7) is 1.72. The summed E-state index contributed by atoms with van der Waals surface area (Å²) in [5, 5.41) is 9.32. The second-order valence-electron chi connectivity index (χ2n) is 3.02. The zero-order valence-electron chi connectivity index (χ0n) is 6.91. The predicted octanol–water partition coefficient (Wildman–Crippen LogP) is 2.01. The van der Waals surface area contributed by atoms with Crippen molar-refractivity contribution in [2.75, 3.05) is 0 Å². The summed E-state index contributed by atoms with van der Waals surface area (Å²) in [5.41, 5.74) is 2.28. The molecule has 0 aliphatic carbocycles. The summed E-state index contributed by atoms with van der Waals surface area (Å²) in [7, 11) is 0. The van der Waals surface area contributed by atoms with Crippen LogP contribution in [0, 0.1) is 0 Å². The van der Waals surface area contributed by atoms with Crippen molar-refractivity contribution in [3.8, 4) is 10.6 Å². The van der Waals surface area contributed by atoms with E-state index < -0.39 is 0 Å². The van der Waals surface area contributed by atoms with Crippen molar-refractivity contribution in [3.05, 3.63) is 28.8 Å². The maximum atomic E-state index is 5.30. The molecule has 13 heavy (non-hydrogen) atoms. The number of thiophene rings is 1. The molecule has 0 atom stereocenters. The average molecular weight is 192 g/mol. The van der Waals surface area contributed by atoms with Crippen LogP contribution in [0.15, 0.2) is 22.0 Å². The van der Waals surface area contributed by atoms with Gasteiger partial charge in [-0.15, -0.1) is 11.3 Å². The van der Waals surface area contributed by atoms with Gasteiger partial charge in [0.15, 0.2) is 5.76 Å². The van der Waals surface area contributed by atoms with Crippen molar-refractivity contribution in [3.63, 3.8) is 0 Å². The van der Waals surface area contributed by atoms with Crippen molar-refractivity contribution in [2.24, 2.45) is 0 Å². The molecule has 1 aliphatic heterocycles. The quantitative estimate of drug-likeness (QED) is 0.751. The fraction of sp³-hybridized carbons (Fsp3) is 0.222. The van der Waals surface area contributed by atoms with Gasteiger partial charge in [0, 0.05) is 18.7 Å². The number of hydrogen-bond acceptors (Lipinski definition) is 4. The van der Waals surface area contributed by atoms with Crippen LogP contribution in [0.4, 0.5) is 0 Å². The maximum absolute atomic E-state index is 5.30. The van der Waals surface area contributed by atoms with Crippen LogP contribution in [0.5, 0.6) is 0 Å². The largest absolute Gasteiger partial charge is 0.355 e. The third kappa shape index (κ3) is 1.03. The van der Waals surface area contributed by atoms with Crippen molar-refractivity contribution >= 4 is 11.3 Å². The normalized spacial score (nSPS) is 14.8. The Balaban J connectivity index is 2.16. The lowest BCUT2D eigenvalue weighted by molar-refractivity contribution is 0.418. The summed E-state index contributed by atoms with van der Waals surface area (Å²) in [6.07, 6.45) is 0. The molecule has 3 nitrogen and oxygen atoms in total. The van der Waals surface area contributed by atoms with E-state index in [2.05, 4.69) is 16.5 Å². The molecule has 0 bridgehead atoms. The molecule has 0 amide bonds. The van der Waals surface area contributed by atoms with Gasteiger partial charge in [0.25, 0.3) is 0 Å². The highest BCUT2D eigenvalue weighted by Gasteiger charge is 2.21. The molecule has 0 radical (unpaired) electrons. The molecule has 0 aromatic carbocycles. The molecular weight excluding hydrogens is 184 g/mol. The Hall–Kier alpha value is -1.13. The minimum atomic E-state index is 0.838. The number of nitrogens with one attached hydrogen (secondary N) is 1. The SMILES string of the molecule is c1csc(-c2onc3c2CNC3)c1. The van der Waals surface area contributed by atoms with Gasteiger partial charge < -0.3 is 9.84 Å². The van der Waals surface area contributed by atoms with Crippen LogP contribution in [0.2, 0.25) is 0 Å². The topological polar surface area (TPSA) is 38.1 Å². The summed E-state index contributed by atoms with van der Waals surface area (Å²) in [5.74, 6) is 0.940. The molecule has 0 spiro atoms. The highest BCUT2D eigenvalue weighted by molar-refractivity contribution is 7.13. The van der Waals surface area contributed by atoms with Crippen LogP contribution in [-0.2, 0) is 13.1 Å². The minimum Gasteiger partial charge on any atom is -0.355 e. The molecular formula is C9H8N2OS. The standard InChI is InChI=1S/C9H8N2OS/c1-2-8(13-3-1)9-6-4-10-5-7(6)11-12-9/h1-3,10H,4-5H2. The van der Waals surface area contributed by atoms with E-state index >= 15 is 0 Å². The number of hydrogen-bond donors (Lipinski definition) is 1. The monoisotopic (exact) mass is 192 g/mol. The first-order valence-corrected chi connectivity index (χ1v) is 5.05. The van der Waals surface area contributed by atoms with E-state index in [9.17, 15) is 0 Å². The number of nitrogens with zero attached hydrogens (tertiary/aromatic N) is 1. The van der Waals surface area contributed by atoms with Crippen LogP contribution >= 0.6 is 11.3 Å². The zero-order valence-corrected chi connectivity index (χ0v) is 7.73. The Bertz CT molecular complexity index is 419. The number of aromatic nitrogens is 1. The van der Waals surface area contributed by atoms with Gasteiger partial charge in [-0.1, -0.05) is 11.2 Å². The van der Waals surface area contributed by atoms with Gasteiger partial charge in [0.05, 0.1) is 4.88 Å². The molecule has 2 aromatic rings. The minimum absolute atomic E-state index is 0.838. The Morgan fingerprint density at radius 1 is 1.46 bits per heavy atom. The Morgan fingerprint density at radius 2 is 2.46 bits per heavy atom. The fourth-order valence-electron chi connectivity index (χ4n) is 1.57. The molecule has 3 rings (SSSR count). The van der Waals surface area contributed by atoms with E-state index in [-0.39, 0.29) is 0 Å². The van der Waals surface area contributed by atoms with Crippen LogP contribution in [-0.4, -0.2) is 5.16 Å². The molecule has 0 unspecified atom stereocenters. The Kier molecular flexibility index (Phi) is 1.50. The smallest absolute Gasteiger partial charge is 0.181 e. The summed E-state index contributed by atoms with van der Waals surface area (Å²) in [6, 6.07) is 4.08. The van der Waals surface area contributed by atoms with Gasteiger partial charge >= 0.3 is 0 Å². The molecule has 4 heteroatoms. The van der Waals surface area contributed by atoms with E-state index in [1.54, 1.807) is 11.3 Å². The third-order valence-corrected chi connectivity index (χ3v) is 3.08. The van der Waals surface area contributed by atoms with E-state index in [4.69, 9.17) is 4.52 Å². The molecule has 3 heterocycles. The first-order valence-electron chi connectivity index (χ1n) is 4.17. The molecule has 2 aromatic heterocycles. The third-order valence-electron chi connectivity index (χ3n) is 2.21. The summed E-state index contributed by atoms with van der Waals surface area (Å²) >= 11 is 1.69. The second kappa shape index (κ2) is 2.68. The van der Waals surface area contributed by atoms with Gasteiger partial charge in [-0.25, -0.2) is 0 Å². The zero-order chi connectivity index (χ0) is 8.67. The lowest BCUT2D eigenvalue weighted by Gasteiger charge is -1.92. The number of fused-ring (bicyclic) bond motifs is 1. The molecule has 0 saturated heterocycles. The maximum Gasteiger partial charge on any atom is 0.181 e. The van der Waals surface area contributed by atoms with Crippen LogP contribution in [0.25, 0.3) is 10.6 Å². The molecule has 66 valence electrons. The lowest BCUT2D eigenvalue weighted by atomic mass is 10.2. The Morgan fingerprint density at radius 3 is 3.31 bits per heavy atom. The highest BCUT2D eigenvalue weighted by Crippen LogP contribution is 2.31. The first-order chi connectivity index (χ1) is 6.45. The molecule has 1 N–H and O–H groups in total. The van der Waals surface area contributed by atoms with Crippen molar-refractivity contribution < 1.29 is 4.52 Å². The first kappa shape index (κ1) is 7.29. The number of rotatable bonds is 1. The second-order valence-corrected chi connectivity index (χ2v) is 3.97.